The van der Waals surface area contributed by atoms with Crippen molar-refractivity contribution in [2.75, 3.05) is 6.61 Å². The Kier molecular flexibility index (Phi) is 3.97. The monoisotopic (exact) mass is 328 g/mol. The summed E-state index contributed by atoms with van der Waals surface area (Å²) in [6, 6.07) is 0.762. The number of aliphatic hydroxyl groups excluding tert-OH is 3. The minimum atomic E-state index is -5.17. The highest BCUT2D eigenvalue weighted by atomic mass is 32.1. The number of aliphatic hydroxyl groups is 3. The number of rotatable bonds is 2. The van der Waals surface area contributed by atoms with E-state index in [-0.39, 0.29) is 0 Å². The molecular weight excluding hydrogens is 317 g/mol. The minimum absolute atomic E-state index is 0.299. The molecule has 0 unspecified atom stereocenters. The Labute approximate surface area is 120 Å². The Morgan fingerprint density at radius 3 is 2.52 bits per heavy atom. The molecule has 0 aromatic carbocycles. The van der Waals surface area contributed by atoms with Crippen LogP contribution in [0.25, 0.3) is 0 Å². The molecule has 1 saturated heterocycles. The van der Waals surface area contributed by atoms with Crippen LogP contribution in [-0.2, 0) is 10.5 Å². The summed E-state index contributed by atoms with van der Waals surface area (Å²) >= 11 is 4.66. The second kappa shape index (κ2) is 5.18. The Morgan fingerprint density at radius 1 is 1.48 bits per heavy atom. The van der Waals surface area contributed by atoms with Gasteiger partial charge in [0.15, 0.2) is 4.77 Å². The van der Waals surface area contributed by atoms with Crippen molar-refractivity contribution in [2.45, 2.75) is 30.2 Å². The molecular formula is C10H11F3N2O5S. The number of ether oxygens (including phenoxy) is 1. The van der Waals surface area contributed by atoms with Crippen molar-refractivity contribution < 1.29 is 33.2 Å². The fourth-order valence-corrected chi connectivity index (χ4v) is 2.50. The molecule has 7 nitrogen and oxygen atoms in total. The molecule has 0 bridgehead atoms. The number of hydrogen-bond acceptors (Lipinski definition) is 6. The summed E-state index contributed by atoms with van der Waals surface area (Å²) in [5.41, 5.74) is -4.14. The normalized spacial score (nSPS) is 33.3. The van der Waals surface area contributed by atoms with Crippen LogP contribution in [0.15, 0.2) is 17.1 Å². The summed E-state index contributed by atoms with van der Waals surface area (Å²) in [6.45, 7) is -0.938. The van der Waals surface area contributed by atoms with Gasteiger partial charge in [0, 0.05) is 12.3 Å². The van der Waals surface area contributed by atoms with Gasteiger partial charge >= 0.3 is 6.18 Å². The maximum absolute atomic E-state index is 13.5. The molecule has 0 amide bonds. The van der Waals surface area contributed by atoms with Crippen molar-refractivity contribution >= 4 is 12.2 Å². The Balaban J connectivity index is 2.71. The molecule has 1 aliphatic rings. The van der Waals surface area contributed by atoms with Crippen molar-refractivity contribution in [3.63, 3.8) is 0 Å². The topological polar surface area (TPSA) is 108 Å². The molecule has 2 rings (SSSR count). The minimum Gasteiger partial charge on any atom is -0.394 e. The largest absolute Gasteiger partial charge is 0.440 e. The first-order chi connectivity index (χ1) is 9.65. The third-order valence-electron chi connectivity index (χ3n) is 3.20. The molecule has 2 heterocycles. The maximum Gasteiger partial charge on any atom is 0.440 e. The molecule has 0 spiro atoms. The molecule has 1 aromatic heterocycles. The first kappa shape index (κ1) is 16.1. The van der Waals surface area contributed by atoms with E-state index in [0.29, 0.717) is 10.8 Å². The van der Waals surface area contributed by atoms with Gasteiger partial charge < -0.3 is 20.1 Å². The predicted molar refractivity (Wildman–Crippen MR) is 63.9 cm³/mol. The third-order valence-corrected chi connectivity index (χ3v) is 3.50. The second-order valence-corrected chi connectivity index (χ2v) is 4.84. The summed E-state index contributed by atoms with van der Waals surface area (Å²) in [6.07, 6.45) is -10.5. The molecule has 1 aromatic rings. The van der Waals surface area contributed by atoms with Crippen LogP contribution in [-0.4, -0.2) is 56.0 Å². The van der Waals surface area contributed by atoms with Gasteiger partial charge in [0.05, 0.1) is 6.61 Å². The number of nitrogens with one attached hydrogen (secondary N) is 1. The van der Waals surface area contributed by atoms with E-state index in [2.05, 4.69) is 12.2 Å². The van der Waals surface area contributed by atoms with Crippen LogP contribution >= 0.6 is 12.2 Å². The highest BCUT2D eigenvalue weighted by Crippen LogP contribution is 2.47. The summed E-state index contributed by atoms with van der Waals surface area (Å²) < 4.78 is 44.8. The summed E-state index contributed by atoms with van der Waals surface area (Å²) in [7, 11) is 0. The van der Waals surface area contributed by atoms with Crippen LogP contribution in [0.1, 0.15) is 0 Å². The predicted octanol–water partition coefficient (Wildman–Crippen LogP) is -0.766. The van der Waals surface area contributed by atoms with Gasteiger partial charge in [0.1, 0.15) is 18.3 Å². The number of aromatic amines is 1. The van der Waals surface area contributed by atoms with Gasteiger partial charge in [-0.05, 0) is 12.2 Å². The smallest absolute Gasteiger partial charge is 0.394 e. The molecule has 0 aliphatic carbocycles. The average molecular weight is 328 g/mol. The number of H-pyrrole nitrogens is 1. The maximum atomic E-state index is 13.5. The number of halogens is 3. The van der Waals surface area contributed by atoms with Crippen molar-refractivity contribution in [3.05, 3.63) is 27.4 Å². The van der Waals surface area contributed by atoms with E-state index >= 15 is 0 Å². The number of alkyl halides is 3. The van der Waals surface area contributed by atoms with Crippen LogP contribution < -0.4 is 5.56 Å². The highest BCUT2D eigenvalue weighted by Gasteiger charge is 2.70. The van der Waals surface area contributed by atoms with Crippen molar-refractivity contribution in [3.8, 4) is 0 Å². The summed E-state index contributed by atoms with van der Waals surface area (Å²) in [5, 5.41) is 28.4. The van der Waals surface area contributed by atoms with Crippen molar-refractivity contribution in [1.82, 2.24) is 9.55 Å². The first-order valence-corrected chi connectivity index (χ1v) is 6.10. The lowest BCUT2D eigenvalue weighted by atomic mass is 10.0. The quantitative estimate of drug-likeness (QED) is 0.531. The van der Waals surface area contributed by atoms with Gasteiger partial charge in [-0.3, -0.25) is 14.3 Å². The molecule has 21 heavy (non-hydrogen) atoms. The lowest BCUT2D eigenvalue weighted by Gasteiger charge is -2.35. The molecule has 11 heteroatoms. The van der Waals surface area contributed by atoms with Crippen molar-refractivity contribution in [1.29, 1.82) is 0 Å². The van der Waals surface area contributed by atoms with Crippen LogP contribution in [0, 0.1) is 4.77 Å². The van der Waals surface area contributed by atoms with Gasteiger partial charge in [-0.15, -0.1) is 0 Å². The van der Waals surface area contributed by atoms with E-state index in [4.69, 9.17) is 9.84 Å². The SMILES string of the molecule is O=c1ccn([C@]2(C(F)(F)F)O[C@H](CO)[C@@H](O)[C@H]2O)c(=S)[nH]1. The van der Waals surface area contributed by atoms with Crippen LogP contribution in [0.2, 0.25) is 0 Å². The average Bonchev–Trinajstić information content (AvgIpc) is 2.63. The zero-order valence-electron chi connectivity index (χ0n) is 10.2. The van der Waals surface area contributed by atoms with Crippen LogP contribution in [0.5, 0.6) is 0 Å². The van der Waals surface area contributed by atoms with E-state index in [9.17, 15) is 28.2 Å². The molecule has 0 radical (unpaired) electrons. The standard InChI is InChI=1S/C10H11F3N2O5S/c11-10(12,13)9(7(19)6(18)4(3-16)20-9)15-2-1-5(17)14-8(15)21/h1-2,4,6-7,16,18-19H,3H2,(H,14,17,21)/t4-,6-,7-,9+/m1/s1. The number of hydrogen-bond donors (Lipinski definition) is 4. The van der Waals surface area contributed by atoms with E-state index in [0.717, 1.165) is 6.07 Å². The fourth-order valence-electron chi connectivity index (χ4n) is 2.20. The Bertz CT molecular complexity index is 645. The van der Waals surface area contributed by atoms with Gasteiger partial charge in [0.25, 0.3) is 11.3 Å². The fraction of sp³-hybridized carbons (Fsp3) is 0.600. The molecule has 1 aliphatic heterocycles. The van der Waals surface area contributed by atoms with E-state index < -0.39 is 47.2 Å². The Hall–Kier alpha value is -1.27. The lowest BCUT2D eigenvalue weighted by Crippen LogP contribution is -2.56. The van der Waals surface area contributed by atoms with E-state index in [1.165, 1.54) is 0 Å². The molecule has 4 N–H and O–H groups in total. The third kappa shape index (κ3) is 2.30. The zero-order valence-corrected chi connectivity index (χ0v) is 11.1. The molecule has 1 fully saturated rings. The van der Waals surface area contributed by atoms with Gasteiger partial charge in [-0.2, -0.15) is 13.2 Å². The Morgan fingerprint density at radius 2 is 2.10 bits per heavy atom. The van der Waals surface area contributed by atoms with Gasteiger partial charge in [-0.25, -0.2) is 0 Å². The van der Waals surface area contributed by atoms with Gasteiger partial charge in [-0.1, -0.05) is 0 Å². The van der Waals surface area contributed by atoms with E-state index in [1.54, 1.807) is 0 Å². The van der Waals surface area contributed by atoms with E-state index in [1.807, 2.05) is 4.98 Å². The molecule has 4 atom stereocenters. The zero-order chi connectivity index (χ0) is 16.0. The van der Waals surface area contributed by atoms with Gasteiger partial charge in [0.2, 0.25) is 0 Å². The molecule has 118 valence electrons. The summed E-state index contributed by atoms with van der Waals surface area (Å²) in [4.78, 5) is 13.0. The lowest BCUT2D eigenvalue weighted by molar-refractivity contribution is -0.332. The van der Waals surface area contributed by atoms with Crippen molar-refractivity contribution in [2.24, 2.45) is 0 Å². The van der Waals surface area contributed by atoms with Crippen LogP contribution in [0.3, 0.4) is 0 Å². The second-order valence-electron chi connectivity index (χ2n) is 4.45. The highest BCUT2D eigenvalue weighted by molar-refractivity contribution is 7.71. The first-order valence-electron chi connectivity index (χ1n) is 5.69. The molecule has 0 saturated carbocycles. The van der Waals surface area contributed by atoms with Crippen LogP contribution in [0.4, 0.5) is 13.2 Å². The number of aromatic nitrogens is 2. The number of nitrogens with zero attached hydrogens (tertiary/aromatic N) is 1. The summed E-state index contributed by atoms with van der Waals surface area (Å²) in [5.74, 6) is 0.